The van der Waals surface area contributed by atoms with Crippen molar-refractivity contribution in [2.75, 3.05) is 18.5 Å². The molecule has 7 heteroatoms. The van der Waals surface area contributed by atoms with Crippen molar-refractivity contribution in [1.29, 1.82) is 5.26 Å². The Kier molecular flexibility index (Phi) is 7.71. The van der Waals surface area contributed by atoms with E-state index in [1.54, 1.807) is 36.4 Å². The molecule has 0 heterocycles. The largest absolute Gasteiger partial charge is 0.490 e. The molecule has 0 aliphatic rings. The van der Waals surface area contributed by atoms with E-state index in [1.165, 1.54) is 6.08 Å². The zero-order valence-electron chi connectivity index (χ0n) is 14.9. The fourth-order valence-electron chi connectivity index (χ4n) is 2.29. The van der Waals surface area contributed by atoms with E-state index in [9.17, 15) is 10.1 Å². The maximum atomic E-state index is 12.4. The minimum Gasteiger partial charge on any atom is -0.490 e. The molecule has 0 aliphatic carbocycles. The summed E-state index contributed by atoms with van der Waals surface area (Å²) in [7, 11) is 0. The van der Waals surface area contributed by atoms with Crippen molar-refractivity contribution in [3.8, 4) is 17.6 Å². The number of benzene rings is 2. The quantitative estimate of drug-likeness (QED) is 0.451. The van der Waals surface area contributed by atoms with Crippen LogP contribution >= 0.6 is 27.5 Å². The van der Waals surface area contributed by atoms with Crippen molar-refractivity contribution in [3.05, 3.63) is 57.0 Å². The molecule has 140 valence electrons. The molecule has 27 heavy (non-hydrogen) atoms. The Morgan fingerprint density at radius 2 is 1.96 bits per heavy atom. The fraction of sp³-hybridized carbons (Fsp3) is 0.200. The first kappa shape index (κ1) is 20.8. The highest BCUT2D eigenvalue weighted by Gasteiger charge is 2.14. The zero-order chi connectivity index (χ0) is 19.8. The van der Waals surface area contributed by atoms with E-state index in [1.807, 2.05) is 19.9 Å². The van der Waals surface area contributed by atoms with Gasteiger partial charge in [-0.25, -0.2) is 0 Å². The highest BCUT2D eigenvalue weighted by Crippen LogP contribution is 2.37. The van der Waals surface area contributed by atoms with Crippen LogP contribution in [-0.2, 0) is 4.79 Å². The topological polar surface area (TPSA) is 71.3 Å². The number of para-hydroxylation sites is 1. The van der Waals surface area contributed by atoms with Crippen molar-refractivity contribution in [3.63, 3.8) is 0 Å². The number of rotatable bonds is 7. The molecule has 2 aromatic carbocycles. The van der Waals surface area contributed by atoms with E-state index in [0.717, 1.165) is 0 Å². The summed E-state index contributed by atoms with van der Waals surface area (Å²) in [6.45, 7) is 4.68. The monoisotopic (exact) mass is 448 g/mol. The molecule has 0 saturated carbocycles. The van der Waals surface area contributed by atoms with Gasteiger partial charge in [0.1, 0.15) is 11.6 Å². The van der Waals surface area contributed by atoms with Gasteiger partial charge in [0.25, 0.3) is 5.91 Å². The lowest BCUT2D eigenvalue weighted by molar-refractivity contribution is -0.112. The molecule has 0 saturated heterocycles. The number of anilines is 1. The van der Waals surface area contributed by atoms with Gasteiger partial charge in [0, 0.05) is 0 Å². The molecule has 0 spiro atoms. The maximum absolute atomic E-state index is 12.4. The van der Waals surface area contributed by atoms with Gasteiger partial charge in [0.15, 0.2) is 11.5 Å². The Morgan fingerprint density at radius 3 is 2.59 bits per heavy atom. The molecule has 0 bridgehead atoms. The van der Waals surface area contributed by atoms with Crippen molar-refractivity contribution in [2.45, 2.75) is 13.8 Å². The van der Waals surface area contributed by atoms with Crippen LogP contribution in [0.25, 0.3) is 6.08 Å². The van der Waals surface area contributed by atoms with Crippen LogP contribution in [0.1, 0.15) is 19.4 Å². The van der Waals surface area contributed by atoms with E-state index in [-0.39, 0.29) is 5.57 Å². The summed E-state index contributed by atoms with van der Waals surface area (Å²) in [5.41, 5.74) is 1.00. The van der Waals surface area contributed by atoms with Crippen LogP contribution in [0.15, 0.2) is 46.4 Å². The van der Waals surface area contributed by atoms with Gasteiger partial charge in [-0.05, 0) is 65.7 Å². The summed E-state index contributed by atoms with van der Waals surface area (Å²) in [6.07, 6.45) is 1.48. The van der Waals surface area contributed by atoms with Crippen LogP contribution in [0.4, 0.5) is 5.69 Å². The predicted molar refractivity (Wildman–Crippen MR) is 110 cm³/mol. The third kappa shape index (κ3) is 5.49. The number of nitriles is 1. The molecule has 5 nitrogen and oxygen atoms in total. The fourth-order valence-corrected chi connectivity index (χ4v) is 3.04. The molecule has 1 amide bonds. The lowest BCUT2D eigenvalue weighted by Crippen LogP contribution is -2.13. The Labute approximate surface area is 171 Å². The summed E-state index contributed by atoms with van der Waals surface area (Å²) in [4.78, 5) is 12.4. The van der Waals surface area contributed by atoms with Crippen LogP contribution in [0, 0.1) is 11.3 Å². The Balaban J connectivity index is 2.35. The van der Waals surface area contributed by atoms with Crippen LogP contribution in [0.3, 0.4) is 0 Å². The molecular formula is C20H18BrClN2O3. The van der Waals surface area contributed by atoms with Crippen LogP contribution in [0.2, 0.25) is 5.02 Å². The number of carbonyl (C=O) groups excluding carboxylic acids is 1. The molecule has 0 aliphatic heterocycles. The summed E-state index contributed by atoms with van der Waals surface area (Å²) in [5, 5.41) is 12.4. The average Bonchev–Trinajstić information content (AvgIpc) is 2.64. The predicted octanol–water partition coefficient (Wildman–Crippen LogP) is 5.45. The number of hydrogen-bond donors (Lipinski definition) is 1. The Morgan fingerprint density at radius 1 is 1.26 bits per heavy atom. The molecule has 0 atom stereocenters. The smallest absolute Gasteiger partial charge is 0.266 e. The second-order valence-corrected chi connectivity index (χ2v) is 6.56. The van der Waals surface area contributed by atoms with Gasteiger partial charge < -0.3 is 14.8 Å². The normalized spacial score (nSPS) is 10.9. The SMILES string of the molecule is CCOc1cc(/C=C(\C#N)C(=O)Nc2ccccc2Cl)cc(Br)c1OCC. The number of amides is 1. The van der Waals surface area contributed by atoms with Crippen molar-refractivity contribution < 1.29 is 14.3 Å². The minimum atomic E-state index is -0.548. The van der Waals surface area contributed by atoms with Crippen molar-refractivity contribution >= 4 is 45.2 Å². The second-order valence-electron chi connectivity index (χ2n) is 5.30. The highest BCUT2D eigenvalue weighted by molar-refractivity contribution is 9.10. The molecule has 0 aromatic heterocycles. The molecule has 0 radical (unpaired) electrons. The van der Waals surface area contributed by atoms with Gasteiger partial charge in [-0.15, -0.1) is 0 Å². The van der Waals surface area contributed by atoms with Gasteiger partial charge in [-0.3, -0.25) is 4.79 Å². The average molecular weight is 450 g/mol. The van der Waals surface area contributed by atoms with Gasteiger partial charge in [-0.2, -0.15) is 5.26 Å². The van der Waals surface area contributed by atoms with Crippen LogP contribution in [0.5, 0.6) is 11.5 Å². The molecular weight excluding hydrogens is 432 g/mol. The summed E-state index contributed by atoms with van der Waals surface area (Å²) in [5.74, 6) is 0.563. The summed E-state index contributed by atoms with van der Waals surface area (Å²) in [6, 6.07) is 12.2. The number of carbonyl (C=O) groups is 1. The molecule has 0 fully saturated rings. The first-order valence-electron chi connectivity index (χ1n) is 8.26. The van der Waals surface area contributed by atoms with E-state index in [4.69, 9.17) is 21.1 Å². The molecule has 2 rings (SSSR count). The van der Waals surface area contributed by atoms with Gasteiger partial charge >= 0.3 is 0 Å². The Hall–Kier alpha value is -2.49. The number of nitrogens with zero attached hydrogens (tertiary/aromatic N) is 1. The lowest BCUT2D eigenvalue weighted by atomic mass is 10.1. The minimum absolute atomic E-state index is 0.0616. The number of hydrogen-bond acceptors (Lipinski definition) is 4. The van der Waals surface area contributed by atoms with Crippen LogP contribution in [-0.4, -0.2) is 19.1 Å². The third-order valence-electron chi connectivity index (χ3n) is 3.42. The summed E-state index contributed by atoms with van der Waals surface area (Å²) >= 11 is 9.49. The van der Waals surface area contributed by atoms with E-state index >= 15 is 0 Å². The first-order valence-corrected chi connectivity index (χ1v) is 9.44. The number of halogens is 2. The summed E-state index contributed by atoms with van der Waals surface area (Å²) < 4.78 is 11.9. The van der Waals surface area contributed by atoms with Gasteiger partial charge in [-0.1, -0.05) is 23.7 Å². The third-order valence-corrected chi connectivity index (χ3v) is 4.34. The van der Waals surface area contributed by atoms with E-state index in [0.29, 0.717) is 45.5 Å². The zero-order valence-corrected chi connectivity index (χ0v) is 17.2. The molecule has 0 unspecified atom stereocenters. The van der Waals surface area contributed by atoms with Gasteiger partial charge in [0.2, 0.25) is 0 Å². The first-order chi connectivity index (χ1) is 13.0. The van der Waals surface area contributed by atoms with Crippen molar-refractivity contribution in [2.24, 2.45) is 0 Å². The van der Waals surface area contributed by atoms with E-state index in [2.05, 4.69) is 21.2 Å². The number of ether oxygens (including phenoxy) is 2. The maximum Gasteiger partial charge on any atom is 0.266 e. The standard InChI is InChI=1S/C20H18BrClN2O3/c1-3-26-18-11-13(10-15(21)19(18)27-4-2)9-14(12-23)20(25)24-17-8-6-5-7-16(17)22/h5-11H,3-4H2,1-2H3,(H,24,25)/b14-9+. The molecule has 1 N–H and O–H groups in total. The highest BCUT2D eigenvalue weighted by atomic mass is 79.9. The van der Waals surface area contributed by atoms with E-state index < -0.39 is 5.91 Å². The lowest BCUT2D eigenvalue weighted by Gasteiger charge is -2.13. The molecule has 2 aromatic rings. The number of nitrogens with one attached hydrogen (secondary N) is 1. The Bertz CT molecular complexity index is 907. The van der Waals surface area contributed by atoms with Crippen molar-refractivity contribution in [1.82, 2.24) is 0 Å². The second kappa shape index (κ2) is 10.0. The van der Waals surface area contributed by atoms with Crippen LogP contribution < -0.4 is 14.8 Å². The van der Waals surface area contributed by atoms with Gasteiger partial charge in [0.05, 0.1) is 28.4 Å².